The van der Waals surface area contributed by atoms with Gasteiger partial charge in [-0.2, -0.15) is 9.98 Å². The minimum Gasteiger partial charge on any atom is -0.0615 e. The Morgan fingerprint density at radius 1 is 0.302 bits per heavy atom. The van der Waals surface area contributed by atoms with E-state index in [-0.39, 0.29) is 21.7 Å². The fourth-order valence-electron chi connectivity index (χ4n) is 16.3. The fourth-order valence-corrected chi connectivity index (χ4v) is 19.0. The Hall–Kier alpha value is -12.1. The van der Waals surface area contributed by atoms with Crippen molar-refractivity contribution >= 4 is 121 Å². The number of aliphatic imine (C=N–C) groups is 6. The van der Waals surface area contributed by atoms with Crippen LogP contribution < -0.4 is 30.2 Å². The van der Waals surface area contributed by atoms with Gasteiger partial charge < -0.3 is 0 Å². The van der Waals surface area contributed by atoms with E-state index >= 15 is 0 Å². The van der Waals surface area contributed by atoms with Gasteiger partial charge in [-0.25, -0.2) is 0 Å². The third-order valence-corrected chi connectivity index (χ3v) is 22.9. The first-order chi connectivity index (χ1) is 47.6. The van der Waals surface area contributed by atoms with E-state index in [4.69, 9.17) is 30.0 Å². The Labute approximate surface area is 559 Å². The van der Waals surface area contributed by atoms with Crippen molar-refractivity contribution in [2.24, 2.45) is 30.0 Å². The third kappa shape index (κ3) is 7.57. The van der Waals surface area contributed by atoms with Crippen molar-refractivity contribution in [3.8, 4) is 50.2 Å². The second-order valence-corrected chi connectivity index (χ2v) is 27.5. The monoisotopic (exact) mass is 1290 g/mol. The van der Waals surface area contributed by atoms with Gasteiger partial charge in [0.2, 0.25) is 5.96 Å². The summed E-state index contributed by atoms with van der Waals surface area (Å²) in [6, 6.07) is 111. The fraction of sp³-hybridized carbons (Fsp3) is 0.0118. The first-order valence-electron chi connectivity index (χ1n) is 32.5. The number of benzene rings is 13. The Bertz CT molecular complexity index is 5790. The molecule has 6 heterocycles. The Kier molecular flexibility index (Phi) is 11.4. The topological polar surface area (TPSA) is 85.6 Å². The van der Waals surface area contributed by atoms with Gasteiger partial charge in [0.05, 0.1) is 0 Å². The number of amidine groups is 3. The average molecular weight is 1290 g/mol. The minimum atomic E-state index is -0.496. The Morgan fingerprint density at radius 3 is 1.26 bits per heavy atom. The number of hydrogen-bond acceptors (Lipinski definition) is 8. The zero-order chi connectivity index (χ0) is 62.7. The molecule has 21 rings (SSSR count). The SMILES string of the molecule is c1ccc(C2=NC3=NC(c4ccccc4)=NC4=NC(c5ccc(N6c7cc(-c8ccccc8)c(-c8ccccc8)cc7B7c8cc9c(cc8[Se]c8c(-n%10c%11ccccc%11c%11ccccc%11%10)ccc6c87)C6(c7ccccc7-c7ccccc76)c6ccccc6-9)cc5)=NC(=N2)N34)cc1. The number of anilines is 3. The molecule has 14 aromatic rings. The Morgan fingerprint density at radius 2 is 0.729 bits per heavy atom. The van der Waals surface area contributed by atoms with Gasteiger partial charge in [0, 0.05) is 11.1 Å². The van der Waals surface area contributed by atoms with Crippen molar-refractivity contribution in [3.63, 3.8) is 0 Å². The normalized spacial score (nSPS) is 15.2. The van der Waals surface area contributed by atoms with E-state index in [0.717, 1.165) is 44.9 Å². The van der Waals surface area contributed by atoms with Crippen LogP contribution in [0.4, 0.5) is 17.1 Å². The van der Waals surface area contributed by atoms with E-state index in [0.29, 0.717) is 35.4 Å². The van der Waals surface area contributed by atoms with Crippen molar-refractivity contribution in [1.82, 2.24) is 9.47 Å². The molecule has 0 saturated carbocycles. The predicted molar refractivity (Wildman–Crippen MR) is 395 cm³/mol. The van der Waals surface area contributed by atoms with E-state index < -0.39 is 5.41 Å². The summed E-state index contributed by atoms with van der Waals surface area (Å²) < 4.78 is 5.34. The van der Waals surface area contributed by atoms with Crippen molar-refractivity contribution < 1.29 is 0 Å². The molecule has 0 bridgehead atoms. The second-order valence-electron chi connectivity index (χ2n) is 25.3. The molecular weight excluding hydrogens is 1240 g/mol. The van der Waals surface area contributed by atoms with Crippen LogP contribution >= 0.6 is 0 Å². The quantitative estimate of drug-likeness (QED) is 0.149. The molecule has 11 heteroatoms. The molecule has 0 radical (unpaired) electrons. The predicted octanol–water partition coefficient (Wildman–Crippen LogP) is 14.8. The molecule has 7 aliphatic rings. The van der Waals surface area contributed by atoms with Gasteiger partial charge in [-0.15, -0.1) is 0 Å². The first kappa shape index (κ1) is 53.4. The molecule has 0 N–H and O–H groups in total. The molecule has 1 spiro atoms. The first-order valence-corrected chi connectivity index (χ1v) is 34.3. The molecule has 0 atom stereocenters. The summed E-state index contributed by atoms with van der Waals surface area (Å²) >= 11 is -0.202. The summed E-state index contributed by atoms with van der Waals surface area (Å²) in [6.45, 7) is -0.162. The zero-order valence-electron chi connectivity index (χ0n) is 51.4. The van der Waals surface area contributed by atoms with Crippen LogP contribution in [-0.4, -0.2) is 66.5 Å². The smallest absolute Gasteiger partial charge is 0.0615 e. The number of para-hydroxylation sites is 2. The van der Waals surface area contributed by atoms with Crippen LogP contribution in [0, 0.1) is 0 Å². The molecule has 1 aromatic heterocycles. The molecule has 0 unspecified atom stereocenters. The van der Waals surface area contributed by atoms with Crippen molar-refractivity contribution in [1.29, 1.82) is 0 Å². The molecule has 0 saturated heterocycles. The third-order valence-electron chi connectivity index (χ3n) is 20.3. The summed E-state index contributed by atoms with van der Waals surface area (Å²) in [6.07, 6.45) is 0. The maximum absolute atomic E-state index is 5.21. The van der Waals surface area contributed by atoms with Crippen LogP contribution in [0.5, 0.6) is 0 Å². The van der Waals surface area contributed by atoms with E-state index in [1.165, 1.54) is 108 Å². The van der Waals surface area contributed by atoms with Crippen LogP contribution in [0.25, 0.3) is 72.0 Å². The van der Waals surface area contributed by atoms with Crippen LogP contribution in [-0.2, 0) is 5.41 Å². The van der Waals surface area contributed by atoms with Gasteiger partial charge >= 0.3 is 464 Å². The Balaban J connectivity index is 0.814. The summed E-state index contributed by atoms with van der Waals surface area (Å²) in [5.74, 6) is 2.74. The van der Waals surface area contributed by atoms with Crippen molar-refractivity contribution in [2.45, 2.75) is 5.41 Å². The number of nitrogens with zero attached hydrogens (tertiary/aromatic N) is 9. The number of hydrogen-bond donors (Lipinski definition) is 0. The van der Waals surface area contributed by atoms with Crippen LogP contribution in [0.1, 0.15) is 38.9 Å². The van der Waals surface area contributed by atoms with Gasteiger partial charge in [-0.3, -0.25) is 0 Å². The number of fused-ring (bicyclic) bond motifs is 17. The molecule has 0 fully saturated rings. The average Bonchev–Trinajstić information content (AvgIpc) is 1.45. The van der Waals surface area contributed by atoms with Crippen molar-refractivity contribution in [2.75, 3.05) is 4.90 Å². The van der Waals surface area contributed by atoms with Crippen LogP contribution in [0.3, 0.4) is 0 Å². The summed E-state index contributed by atoms with van der Waals surface area (Å²) in [5.41, 5.74) is 28.1. The van der Waals surface area contributed by atoms with Gasteiger partial charge in [-0.1, -0.05) is 60.7 Å². The summed E-state index contributed by atoms with van der Waals surface area (Å²) in [4.78, 5) is 34.8. The molecule has 9 nitrogen and oxygen atoms in total. The van der Waals surface area contributed by atoms with E-state index in [1.807, 2.05) is 60.7 Å². The molecule has 96 heavy (non-hydrogen) atoms. The standard InChI is InChI=1S/C85H50BN9Se/c1-5-23-51(24-6-1)62-47-69-75(49-63(62)52-25-7-2-8-26-52)93(56-43-41-55(42-44-56)81-91-83-89-79(53-27-9-3-10-28-53)87-82-88-80(54-29-11-4-12-30-54)90-84(92-81)95(82)83)73-45-46-74(94-71-39-21-16-34-60(71)61-35-17-22-40-72(61)94)78-77(73)86(69)70-48-64-59-33-15-20-38-67(59)85(68(64)50-76(70)96-78)65-36-18-13-31-57(65)58-32-14-19-37-66(58)85/h1-50H. The second kappa shape index (κ2) is 20.4. The van der Waals surface area contributed by atoms with E-state index in [1.54, 1.807) is 4.90 Å². The molecule has 0 amide bonds. The van der Waals surface area contributed by atoms with E-state index in [2.05, 4.69) is 252 Å². The van der Waals surface area contributed by atoms with Gasteiger partial charge in [0.15, 0.2) is 11.7 Å². The minimum absolute atomic E-state index is 0.162. The molecule has 444 valence electrons. The molecule has 5 aliphatic heterocycles. The van der Waals surface area contributed by atoms with Gasteiger partial charge in [-0.05, 0) is 0 Å². The summed E-state index contributed by atoms with van der Waals surface area (Å²) in [5, 5.41) is 2.48. The van der Waals surface area contributed by atoms with E-state index in [9.17, 15) is 0 Å². The molecule has 13 aromatic carbocycles. The molecular formula is C85H50BN9Se. The number of rotatable bonds is 7. The maximum atomic E-state index is 5.21. The molecule has 2 aliphatic carbocycles. The van der Waals surface area contributed by atoms with Gasteiger partial charge in [0.25, 0.3) is 0 Å². The van der Waals surface area contributed by atoms with Crippen LogP contribution in [0.2, 0.25) is 0 Å². The number of aromatic nitrogens is 1. The summed E-state index contributed by atoms with van der Waals surface area (Å²) in [7, 11) is 0. The zero-order valence-corrected chi connectivity index (χ0v) is 53.1. The van der Waals surface area contributed by atoms with Gasteiger partial charge in [0.1, 0.15) is 0 Å². The number of guanidine groups is 3. The van der Waals surface area contributed by atoms with Crippen LogP contribution in [0.15, 0.2) is 333 Å². The van der Waals surface area contributed by atoms with Crippen molar-refractivity contribution in [3.05, 3.63) is 342 Å².